The molecule has 2 aromatic rings. The molecule has 2 aromatic carbocycles. The molecule has 17 heavy (non-hydrogen) atoms. The molecule has 0 fully saturated rings. The predicted molar refractivity (Wildman–Crippen MR) is 69.4 cm³/mol. The van der Waals surface area contributed by atoms with E-state index in [4.69, 9.17) is 4.74 Å². The van der Waals surface area contributed by atoms with E-state index in [2.05, 4.69) is 0 Å². The highest BCUT2D eigenvalue weighted by atomic mass is 16.5. The zero-order valence-corrected chi connectivity index (χ0v) is 10.1. The Bertz CT molecular complexity index is 504. The molecule has 0 amide bonds. The summed E-state index contributed by atoms with van der Waals surface area (Å²) >= 11 is 0. The van der Waals surface area contributed by atoms with Crippen molar-refractivity contribution in [2.75, 3.05) is 6.61 Å². The molecule has 0 saturated heterocycles. The van der Waals surface area contributed by atoms with Gasteiger partial charge in [0.15, 0.2) is 0 Å². The number of hydrogen-bond donors (Lipinski definition) is 1. The maximum absolute atomic E-state index is 10.1. The second kappa shape index (κ2) is 4.91. The fourth-order valence-corrected chi connectivity index (χ4v) is 1.83. The van der Waals surface area contributed by atoms with E-state index in [9.17, 15) is 5.11 Å². The Labute approximate surface area is 101 Å². The molecule has 0 aliphatic heterocycles. The molecule has 0 aliphatic carbocycles. The summed E-state index contributed by atoms with van der Waals surface area (Å²) < 4.78 is 5.49. The predicted octanol–water partition coefficient (Wildman–Crippen LogP) is 3.77. The van der Waals surface area contributed by atoms with Crippen molar-refractivity contribution in [1.29, 1.82) is 0 Å². The van der Waals surface area contributed by atoms with E-state index in [1.54, 1.807) is 0 Å². The van der Waals surface area contributed by atoms with Gasteiger partial charge in [0, 0.05) is 5.56 Å². The quantitative estimate of drug-likeness (QED) is 0.866. The average Bonchev–Trinajstić information content (AvgIpc) is 2.35. The van der Waals surface area contributed by atoms with Gasteiger partial charge in [0.2, 0.25) is 0 Å². The van der Waals surface area contributed by atoms with Crippen LogP contribution in [0, 0.1) is 6.92 Å². The van der Waals surface area contributed by atoms with E-state index < -0.39 is 0 Å². The molecule has 0 aliphatic rings. The van der Waals surface area contributed by atoms with Crippen LogP contribution in [0.25, 0.3) is 11.1 Å². The normalized spacial score (nSPS) is 10.2. The van der Waals surface area contributed by atoms with Crippen LogP contribution in [0.5, 0.6) is 11.5 Å². The Morgan fingerprint density at radius 2 is 1.82 bits per heavy atom. The molecule has 0 saturated carbocycles. The van der Waals surface area contributed by atoms with Crippen molar-refractivity contribution in [3.63, 3.8) is 0 Å². The third-order valence-corrected chi connectivity index (χ3v) is 2.67. The summed E-state index contributed by atoms with van der Waals surface area (Å²) in [6, 6.07) is 13.6. The number of hydrogen-bond acceptors (Lipinski definition) is 2. The van der Waals surface area contributed by atoms with E-state index in [1.807, 2.05) is 56.3 Å². The van der Waals surface area contributed by atoms with Crippen LogP contribution in [0.1, 0.15) is 12.5 Å². The number of ether oxygens (including phenoxy) is 1. The largest absolute Gasteiger partial charge is 0.507 e. The first-order valence-corrected chi connectivity index (χ1v) is 5.74. The zero-order chi connectivity index (χ0) is 12.3. The molecule has 2 rings (SSSR count). The summed E-state index contributed by atoms with van der Waals surface area (Å²) in [5.41, 5.74) is 2.64. The van der Waals surface area contributed by atoms with Crippen LogP contribution in [-0.4, -0.2) is 11.7 Å². The summed E-state index contributed by atoms with van der Waals surface area (Å²) in [5, 5.41) is 10.1. The zero-order valence-electron chi connectivity index (χ0n) is 10.1. The standard InChI is InChI=1S/C15H16O2/c1-3-17-13-9-11(2)15(16)14(10-13)12-7-5-4-6-8-12/h4-10,16H,3H2,1-2H3. The lowest BCUT2D eigenvalue weighted by molar-refractivity contribution is 0.339. The summed E-state index contributed by atoms with van der Waals surface area (Å²) in [6.07, 6.45) is 0. The third kappa shape index (κ3) is 2.41. The molecule has 0 aromatic heterocycles. The van der Waals surface area contributed by atoms with Gasteiger partial charge in [0.25, 0.3) is 0 Å². The summed E-state index contributed by atoms with van der Waals surface area (Å²) in [7, 11) is 0. The van der Waals surface area contributed by atoms with Crippen molar-refractivity contribution >= 4 is 0 Å². The van der Waals surface area contributed by atoms with Crippen LogP contribution in [-0.2, 0) is 0 Å². The molecule has 0 radical (unpaired) electrons. The Kier molecular flexibility index (Phi) is 3.33. The average molecular weight is 228 g/mol. The number of benzene rings is 2. The highest BCUT2D eigenvalue weighted by Crippen LogP contribution is 2.35. The first-order chi connectivity index (χ1) is 8.22. The van der Waals surface area contributed by atoms with Gasteiger partial charge in [-0.2, -0.15) is 0 Å². The summed E-state index contributed by atoms with van der Waals surface area (Å²) in [5.74, 6) is 1.11. The smallest absolute Gasteiger partial charge is 0.126 e. The van der Waals surface area contributed by atoms with Crippen molar-refractivity contribution in [3.8, 4) is 22.6 Å². The fraction of sp³-hybridized carbons (Fsp3) is 0.200. The lowest BCUT2D eigenvalue weighted by Gasteiger charge is -2.11. The lowest BCUT2D eigenvalue weighted by atomic mass is 10.0. The highest BCUT2D eigenvalue weighted by molar-refractivity contribution is 5.73. The number of phenols is 1. The van der Waals surface area contributed by atoms with Crippen LogP contribution >= 0.6 is 0 Å². The molecular weight excluding hydrogens is 212 g/mol. The van der Waals surface area contributed by atoms with E-state index >= 15 is 0 Å². The van der Waals surface area contributed by atoms with Crippen LogP contribution in [0.2, 0.25) is 0 Å². The Hall–Kier alpha value is -1.96. The molecule has 0 spiro atoms. The molecule has 0 bridgehead atoms. The molecule has 0 heterocycles. The maximum Gasteiger partial charge on any atom is 0.126 e. The third-order valence-electron chi connectivity index (χ3n) is 2.67. The van der Waals surface area contributed by atoms with E-state index in [0.717, 1.165) is 22.4 Å². The van der Waals surface area contributed by atoms with E-state index in [1.165, 1.54) is 0 Å². The van der Waals surface area contributed by atoms with Gasteiger partial charge < -0.3 is 9.84 Å². The molecular formula is C15H16O2. The van der Waals surface area contributed by atoms with Crippen LogP contribution in [0.4, 0.5) is 0 Å². The van der Waals surface area contributed by atoms with Crippen LogP contribution in [0.15, 0.2) is 42.5 Å². The van der Waals surface area contributed by atoms with Crippen LogP contribution < -0.4 is 4.74 Å². The first kappa shape index (κ1) is 11.5. The van der Waals surface area contributed by atoms with Gasteiger partial charge in [0.05, 0.1) is 6.61 Å². The minimum absolute atomic E-state index is 0.319. The molecule has 0 unspecified atom stereocenters. The molecule has 2 nitrogen and oxygen atoms in total. The number of rotatable bonds is 3. The lowest BCUT2D eigenvalue weighted by Crippen LogP contribution is -1.93. The van der Waals surface area contributed by atoms with Gasteiger partial charge in [-0.3, -0.25) is 0 Å². The topological polar surface area (TPSA) is 29.5 Å². The van der Waals surface area contributed by atoms with Crippen molar-refractivity contribution in [3.05, 3.63) is 48.0 Å². The van der Waals surface area contributed by atoms with Gasteiger partial charge in [-0.25, -0.2) is 0 Å². The Balaban J connectivity index is 2.53. The van der Waals surface area contributed by atoms with Gasteiger partial charge in [-0.1, -0.05) is 30.3 Å². The first-order valence-electron chi connectivity index (χ1n) is 5.74. The second-order valence-corrected chi connectivity index (χ2v) is 3.94. The number of aryl methyl sites for hydroxylation is 1. The number of aromatic hydroxyl groups is 1. The van der Waals surface area contributed by atoms with E-state index in [0.29, 0.717) is 12.4 Å². The van der Waals surface area contributed by atoms with Crippen molar-refractivity contribution < 1.29 is 9.84 Å². The van der Waals surface area contributed by atoms with Crippen molar-refractivity contribution in [2.45, 2.75) is 13.8 Å². The van der Waals surface area contributed by atoms with E-state index in [-0.39, 0.29) is 0 Å². The Morgan fingerprint density at radius 1 is 1.12 bits per heavy atom. The highest BCUT2D eigenvalue weighted by Gasteiger charge is 2.09. The van der Waals surface area contributed by atoms with Crippen molar-refractivity contribution in [1.82, 2.24) is 0 Å². The van der Waals surface area contributed by atoms with Crippen molar-refractivity contribution in [2.24, 2.45) is 0 Å². The minimum atomic E-state index is 0.319. The molecule has 0 atom stereocenters. The van der Waals surface area contributed by atoms with Gasteiger partial charge in [0.1, 0.15) is 11.5 Å². The van der Waals surface area contributed by atoms with Gasteiger partial charge >= 0.3 is 0 Å². The minimum Gasteiger partial charge on any atom is -0.507 e. The molecule has 1 N–H and O–H groups in total. The SMILES string of the molecule is CCOc1cc(C)c(O)c(-c2ccccc2)c1. The summed E-state index contributed by atoms with van der Waals surface area (Å²) in [4.78, 5) is 0. The maximum atomic E-state index is 10.1. The second-order valence-electron chi connectivity index (χ2n) is 3.94. The van der Waals surface area contributed by atoms with Crippen LogP contribution in [0.3, 0.4) is 0 Å². The fourth-order valence-electron chi connectivity index (χ4n) is 1.83. The Morgan fingerprint density at radius 3 is 2.47 bits per heavy atom. The molecule has 2 heteroatoms. The van der Waals surface area contributed by atoms with Gasteiger partial charge in [-0.15, -0.1) is 0 Å². The monoisotopic (exact) mass is 228 g/mol. The number of phenolic OH excluding ortho intramolecular Hbond substituents is 1. The molecule has 88 valence electrons. The summed E-state index contributed by atoms with van der Waals surface area (Å²) in [6.45, 7) is 4.45. The van der Waals surface area contributed by atoms with Gasteiger partial charge in [-0.05, 0) is 37.1 Å².